The highest BCUT2D eigenvalue weighted by Crippen LogP contribution is 2.34. The van der Waals surface area contributed by atoms with Gasteiger partial charge in [0.05, 0.1) is 5.69 Å². The van der Waals surface area contributed by atoms with Crippen molar-refractivity contribution in [3.05, 3.63) is 12.1 Å². The lowest BCUT2D eigenvalue weighted by Gasteiger charge is -2.02. The Morgan fingerprint density at radius 1 is 1.00 bits per heavy atom. The zero-order valence-electron chi connectivity index (χ0n) is 6.02. The van der Waals surface area contributed by atoms with Crippen LogP contribution in [0.3, 0.4) is 0 Å². The summed E-state index contributed by atoms with van der Waals surface area (Å²) in [5.74, 6) is -0.619. The van der Waals surface area contributed by atoms with Crippen molar-refractivity contribution in [2.45, 2.75) is 0 Å². The predicted octanol–water partition coefficient (Wildman–Crippen LogP) is 1.11. The average Bonchev–Trinajstić information content (AvgIpc) is 1.93. The first kappa shape index (κ1) is 13.6. The van der Waals surface area contributed by atoms with Crippen molar-refractivity contribution in [2.24, 2.45) is 0 Å². The molecule has 4 nitrogen and oxygen atoms in total. The van der Waals surface area contributed by atoms with Crippen molar-refractivity contribution in [2.75, 3.05) is 11.5 Å². The maximum absolute atomic E-state index is 8.93. The molecule has 0 saturated heterocycles. The third kappa shape index (κ3) is 2.25. The number of hydrogen-bond donors (Lipinski definition) is 4. The van der Waals surface area contributed by atoms with Gasteiger partial charge in [0, 0.05) is 0 Å². The number of nitrogens with two attached hydrogens (primary N) is 2. The second kappa shape index (κ2) is 4.79. The monoisotopic (exact) mass is 212 g/mol. The van der Waals surface area contributed by atoms with Crippen molar-refractivity contribution >= 4 is 36.2 Å². The molecule has 0 saturated carbocycles. The van der Waals surface area contributed by atoms with Gasteiger partial charge in [0.15, 0.2) is 11.5 Å². The van der Waals surface area contributed by atoms with Crippen molar-refractivity contribution in [3.8, 4) is 11.5 Å². The van der Waals surface area contributed by atoms with E-state index >= 15 is 0 Å². The van der Waals surface area contributed by atoms with Crippen LogP contribution < -0.4 is 11.5 Å². The molecule has 0 aromatic heterocycles. The Morgan fingerprint density at radius 3 is 1.92 bits per heavy atom. The largest absolute Gasteiger partial charge is 0.504 e. The van der Waals surface area contributed by atoms with Gasteiger partial charge in [-0.3, -0.25) is 0 Å². The highest BCUT2D eigenvalue weighted by molar-refractivity contribution is 5.85. The number of nitrogen functional groups attached to an aromatic ring is 2. The average molecular weight is 213 g/mol. The second-order valence-corrected chi connectivity index (χ2v) is 1.94. The Hall–Kier alpha value is -1.00. The topological polar surface area (TPSA) is 92.5 Å². The molecule has 0 aliphatic rings. The predicted molar refractivity (Wildman–Crippen MR) is 53.1 cm³/mol. The molecule has 6 heteroatoms. The molecule has 0 amide bonds. The van der Waals surface area contributed by atoms with Gasteiger partial charge in [0.1, 0.15) is 5.69 Å². The molecule has 0 radical (unpaired) electrons. The third-order valence-corrected chi connectivity index (χ3v) is 1.23. The first-order valence-electron chi connectivity index (χ1n) is 2.69. The van der Waals surface area contributed by atoms with E-state index < -0.39 is 0 Å². The van der Waals surface area contributed by atoms with Crippen LogP contribution in [0.5, 0.6) is 11.5 Å². The van der Waals surface area contributed by atoms with Crippen LogP contribution in [0.25, 0.3) is 0 Å². The molecule has 0 aliphatic carbocycles. The van der Waals surface area contributed by atoms with Gasteiger partial charge in [-0.15, -0.1) is 24.8 Å². The van der Waals surface area contributed by atoms with Gasteiger partial charge in [-0.2, -0.15) is 0 Å². The van der Waals surface area contributed by atoms with Crippen molar-refractivity contribution < 1.29 is 10.2 Å². The molecule has 0 heterocycles. The molecule has 12 heavy (non-hydrogen) atoms. The van der Waals surface area contributed by atoms with Gasteiger partial charge in [0.2, 0.25) is 0 Å². The van der Waals surface area contributed by atoms with Gasteiger partial charge in [-0.1, -0.05) is 0 Å². The normalized spacial score (nSPS) is 8.00. The number of benzene rings is 1. The molecule has 0 spiro atoms. The van der Waals surface area contributed by atoms with E-state index in [0.717, 1.165) is 0 Å². The first-order chi connectivity index (χ1) is 4.63. The van der Waals surface area contributed by atoms with Crippen LogP contribution in [0.4, 0.5) is 11.4 Å². The summed E-state index contributed by atoms with van der Waals surface area (Å²) in [6.07, 6.45) is 0. The lowest BCUT2D eigenvalue weighted by Crippen LogP contribution is -1.93. The van der Waals surface area contributed by atoms with Gasteiger partial charge < -0.3 is 21.7 Å². The molecule has 0 atom stereocenters. The number of halogens is 2. The fourth-order valence-corrected chi connectivity index (χ4v) is 0.612. The molecule has 1 aromatic rings. The van der Waals surface area contributed by atoms with Crippen molar-refractivity contribution in [1.82, 2.24) is 0 Å². The summed E-state index contributed by atoms with van der Waals surface area (Å²) in [4.78, 5) is 0. The molecule has 70 valence electrons. The Kier molecular flexibility index (Phi) is 5.42. The number of rotatable bonds is 0. The first-order valence-corrected chi connectivity index (χ1v) is 2.69. The van der Waals surface area contributed by atoms with E-state index in [1.54, 1.807) is 0 Å². The summed E-state index contributed by atoms with van der Waals surface area (Å²) < 4.78 is 0. The smallest absolute Gasteiger partial charge is 0.183 e. The summed E-state index contributed by atoms with van der Waals surface area (Å²) in [6, 6.07) is 2.70. The van der Waals surface area contributed by atoms with E-state index in [9.17, 15) is 0 Å². The van der Waals surface area contributed by atoms with Crippen molar-refractivity contribution in [3.63, 3.8) is 0 Å². The van der Waals surface area contributed by atoms with E-state index in [-0.39, 0.29) is 47.7 Å². The van der Waals surface area contributed by atoms with E-state index in [4.69, 9.17) is 21.7 Å². The van der Waals surface area contributed by atoms with Crippen LogP contribution in [-0.4, -0.2) is 10.2 Å². The number of aromatic hydroxyl groups is 2. The molecular weight excluding hydrogens is 203 g/mol. The molecule has 1 aromatic carbocycles. The quantitative estimate of drug-likeness (QED) is 0.295. The van der Waals surface area contributed by atoms with Gasteiger partial charge in [-0.05, 0) is 12.1 Å². The zero-order chi connectivity index (χ0) is 7.72. The fraction of sp³-hybridized carbons (Fsp3) is 0. The second-order valence-electron chi connectivity index (χ2n) is 1.94. The Balaban J connectivity index is 0. The number of anilines is 2. The van der Waals surface area contributed by atoms with Crippen LogP contribution in [0.2, 0.25) is 0 Å². The standard InChI is InChI=1S/C6H8N2O2.2ClH/c7-3-1-2-4(9)6(10)5(3)8;;/h1-2,9-10H,7-8H2;2*1H. The van der Waals surface area contributed by atoms with Gasteiger partial charge in [0.25, 0.3) is 0 Å². The molecule has 1 rings (SSSR count). The maximum Gasteiger partial charge on any atom is 0.183 e. The van der Waals surface area contributed by atoms with E-state index in [2.05, 4.69) is 0 Å². The summed E-state index contributed by atoms with van der Waals surface area (Å²) in [7, 11) is 0. The summed E-state index contributed by atoms with van der Waals surface area (Å²) >= 11 is 0. The SMILES string of the molecule is Cl.Cl.Nc1ccc(O)c(O)c1N. The van der Waals surface area contributed by atoms with E-state index in [1.165, 1.54) is 12.1 Å². The zero-order valence-corrected chi connectivity index (χ0v) is 7.65. The number of hydrogen-bond acceptors (Lipinski definition) is 4. The van der Waals surface area contributed by atoms with Crippen LogP contribution in [0.15, 0.2) is 12.1 Å². The number of phenols is 2. The summed E-state index contributed by atoms with van der Waals surface area (Å²) in [6.45, 7) is 0. The highest BCUT2D eigenvalue weighted by atomic mass is 35.5. The molecular formula is C6H10Cl2N2O2. The van der Waals surface area contributed by atoms with E-state index in [1.807, 2.05) is 0 Å². The Bertz CT molecular complexity index is 241. The van der Waals surface area contributed by atoms with Crippen LogP contribution >= 0.6 is 24.8 Å². The molecule has 0 bridgehead atoms. The summed E-state index contributed by atoms with van der Waals surface area (Å²) in [5.41, 5.74) is 10.8. The Labute approximate surface area is 82.0 Å². The lowest BCUT2D eigenvalue weighted by molar-refractivity contribution is 0.406. The summed E-state index contributed by atoms with van der Waals surface area (Å²) in [5, 5.41) is 17.8. The molecule has 0 fully saturated rings. The highest BCUT2D eigenvalue weighted by Gasteiger charge is 2.04. The maximum atomic E-state index is 8.93. The van der Waals surface area contributed by atoms with Gasteiger partial charge >= 0.3 is 0 Å². The van der Waals surface area contributed by atoms with Gasteiger partial charge in [-0.25, -0.2) is 0 Å². The third-order valence-electron chi connectivity index (χ3n) is 1.23. The molecule has 6 N–H and O–H groups in total. The van der Waals surface area contributed by atoms with Crippen molar-refractivity contribution in [1.29, 1.82) is 0 Å². The number of phenolic OH excluding ortho intramolecular Hbond substituents is 2. The molecule has 0 unspecified atom stereocenters. The Morgan fingerprint density at radius 2 is 1.50 bits per heavy atom. The van der Waals surface area contributed by atoms with Crippen LogP contribution in [0.1, 0.15) is 0 Å². The van der Waals surface area contributed by atoms with Crippen LogP contribution in [0, 0.1) is 0 Å². The molecule has 0 aliphatic heterocycles. The minimum Gasteiger partial charge on any atom is -0.504 e. The lowest BCUT2D eigenvalue weighted by atomic mass is 10.2. The minimum atomic E-state index is -0.361. The fourth-order valence-electron chi connectivity index (χ4n) is 0.612. The van der Waals surface area contributed by atoms with Crippen LogP contribution in [-0.2, 0) is 0 Å². The van der Waals surface area contributed by atoms with E-state index in [0.29, 0.717) is 0 Å². The minimum absolute atomic E-state index is 0.